The molecule has 0 saturated carbocycles. The highest BCUT2D eigenvalue weighted by Crippen LogP contribution is 2.30. The third-order valence-electron chi connectivity index (χ3n) is 6.51. The molecule has 2 heterocycles. The second-order valence-electron chi connectivity index (χ2n) is 10.1. The van der Waals surface area contributed by atoms with Gasteiger partial charge in [-0.05, 0) is 59.0 Å². The number of para-hydroxylation sites is 1. The van der Waals surface area contributed by atoms with E-state index in [0.29, 0.717) is 18.4 Å². The minimum Gasteiger partial charge on any atom is -0.489 e. The Morgan fingerprint density at radius 1 is 0.722 bits per heavy atom. The van der Waals surface area contributed by atoms with Crippen molar-refractivity contribution in [2.45, 2.75) is 32.8 Å². The van der Waals surface area contributed by atoms with Crippen LogP contribution in [0.1, 0.15) is 31.9 Å². The maximum absolute atomic E-state index is 6.07. The second kappa shape index (κ2) is 8.68. The Bertz CT molecular complexity index is 1650. The normalized spacial score (nSPS) is 11.9. The molecule has 0 aliphatic rings. The SMILES string of the molecule is CC(C)(C)c1ccc(-c2nnc(-c3ccc(COc4ccc5c(c4)[nH]c4ccccc45)cc3)o2)cc1. The first-order chi connectivity index (χ1) is 17.4. The number of ether oxygens (including phenoxy) is 1. The molecule has 5 nitrogen and oxygen atoms in total. The highest BCUT2D eigenvalue weighted by Gasteiger charge is 2.15. The van der Waals surface area contributed by atoms with E-state index >= 15 is 0 Å². The van der Waals surface area contributed by atoms with Crippen LogP contribution in [0.25, 0.3) is 44.7 Å². The average molecular weight is 474 g/mol. The minimum absolute atomic E-state index is 0.104. The zero-order chi connectivity index (χ0) is 24.7. The van der Waals surface area contributed by atoms with Crippen molar-refractivity contribution >= 4 is 21.8 Å². The Hall–Kier alpha value is -4.38. The summed E-state index contributed by atoms with van der Waals surface area (Å²) in [5.74, 6) is 1.85. The molecule has 0 bridgehead atoms. The molecule has 1 N–H and O–H groups in total. The van der Waals surface area contributed by atoms with Crippen LogP contribution in [-0.4, -0.2) is 15.2 Å². The zero-order valence-electron chi connectivity index (χ0n) is 20.6. The van der Waals surface area contributed by atoms with Crippen LogP contribution in [0.15, 0.2) is 95.4 Å². The summed E-state index contributed by atoms with van der Waals surface area (Å²) in [4.78, 5) is 3.46. The summed E-state index contributed by atoms with van der Waals surface area (Å²) in [6.45, 7) is 7.07. The average Bonchev–Trinajstić information content (AvgIpc) is 3.52. The molecule has 0 aliphatic carbocycles. The molecule has 6 aromatic rings. The van der Waals surface area contributed by atoms with Crippen molar-refractivity contribution in [2.24, 2.45) is 0 Å². The van der Waals surface area contributed by atoms with Crippen molar-refractivity contribution in [2.75, 3.05) is 0 Å². The van der Waals surface area contributed by atoms with Crippen LogP contribution >= 0.6 is 0 Å². The lowest BCUT2D eigenvalue weighted by molar-refractivity contribution is 0.306. The third-order valence-corrected chi connectivity index (χ3v) is 6.51. The van der Waals surface area contributed by atoms with E-state index in [9.17, 15) is 0 Å². The number of benzene rings is 4. The predicted molar refractivity (Wildman–Crippen MR) is 144 cm³/mol. The van der Waals surface area contributed by atoms with Gasteiger partial charge in [0.15, 0.2) is 0 Å². The van der Waals surface area contributed by atoms with E-state index < -0.39 is 0 Å². The molecule has 36 heavy (non-hydrogen) atoms. The Morgan fingerprint density at radius 2 is 1.36 bits per heavy atom. The van der Waals surface area contributed by atoms with Crippen molar-refractivity contribution < 1.29 is 9.15 Å². The van der Waals surface area contributed by atoms with E-state index in [2.05, 4.69) is 78.4 Å². The van der Waals surface area contributed by atoms with Gasteiger partial charge in [-0.15, -0.1) is 10.2 Å². The first-order valence-corrected chi connectivity index (χ1v) is 12.1. The molecule has 0 saturated heterocycles. The van der Waals surface area contributed by atoms with Crippen molar-refractivity contribution in [3.8, 4) is 28.7 Å². The summed E-state index contributed by atoms with van der Waals surface area (Å²) in [6.07, 6.45) is 0. The number of H-pyrrole nitrogens is 1. The Labute approximate surface area is 209 Å². The largest absolute Gasteiger partial charge is 0.489 e. The molecule has 2 aromatic heterocycles. The van der Waals surface area contributed by atoms with E-state index in [1.165, 1.54) is 16.3 Å². The number of hydrogen-bond acceptors (Lipinski definition) is 4. The van der Waals surface area contributed by atoms with Crippen molar-refractivity contribution in [1.82, 2.24) is 15.2 Å². The zero-order valence-corrected chi connectivity index (χ0v) is 20.6. The number of hydrogen-bond donors (Lipinski definition) is 1. The first-order valence-electron chi connectivity index (χ1n) is 12.1. The van der Waals surface area contributed by atoms with Gasteiger partial charge in [-0.1, -0.05) is 63.2 Å². The fourth-order valence-electron chi connectivity index (χ4n) is 4.40. The molecular weight excluding hydrogens is 446 g/mol. The van der Waals surface area contributed by atoms with Crippen LogP contribution in [-0.2, 0) is 12.0 Å². The molecule has 4 aromatic carbocycles. The molecule has 0 unspecified atom stereocenters. The molecule has 178 valence electrons. The van der Waals surface area contributed by atoms with Gasteiger partial charge in [-0.25, -0.2) is 0 Å². The third kappa shape index (κ3) is 4.24. The summed E-state index contributed by atoms with van der Waals surface area (Å²) < 4.78 is 12.0. The van der Waals surface area contributed by atoms with Crippen LogP contribution in [0.3, 0.4) is 0 Å². The molecule has 6 rings (SSSR count). The summed E-state index contributed by atoms with van der Waals surface area (Å²) in [7, 11) is 0. The van der Waals surface area contributed by atoms with E-state index in [1.807, 2.05) is 48.5 Å². The monoisotopic (exact) mass is 473 g/mol. The highest BCUT2D eigenvalue weighted by atomic mass is 16.5. The number of aromatic nitrogens is 3. The van der Waals surface area contributed by atoms with Gasteiger partial charge in [0, 0.05) is 33.5 Å². The number of nitrogens with zero attached hydrogens (tertiary/aromatic N) is 2. The van der Waals surface area contributed by atoms with Gasteiger partial charge in [0.1, 0.15) is 12.4 Å². The van der Waals surface area contributed by atoms with Crippen molar-refractivity contribution in [3.63, 3.8) is 0 Å². The number of fused-ring (bicyclic) bond motifs is 3. The Kier molecular flexibility index (Phi) is 5.33. The van der Waals surface area contributed by atoms with E-state index in [4.69, 9.17) is 9.15 Å². The van der Waals surface area contributed by atoms with Gasteiger partial charge in [0.25, 0.3) is 0 Å². The first kappa shape index (κ1) is 22.1. The van der Waals surface area contributed by atoms with Crippen LogP contribution in [0.5, 0.6) is 5.75 Å². The lowest BCUT2D eigenvalue weighted by atomic mass is 9.87. The van der Waals surface area contributed by atoms with Crippen LogP contribution in [0.2, 0.25) is 0 Å². The molecule has 0 fully saturated rings. The van der Waals surface area contributed by atoms with Crippen molar-refractivity contribution in [1.29, 1.82) is 0 Å². The van der Waals surface area contributed by atoms with Gasteiger partial charge in [0.05, 0.1) is 5.52 Å². The minimum atomic E-state index is 0.104. The van der Waals surface area contributed by atoms with Gasteiger partial charge >= 0.3 is 0 Å². The van der Waals surface area contributed by atoms with Gasteiger partial charge in [-0.2, -0.15) is 0 Å². The van der Waals surface area contributed by atoms with Crippen molar-refractivity contribution in [3.05, 3.63) is 102 Å². The maximum Gasteiger partial charge on any atom is 0.248 e. The smallest absolute Gasteiger partial charge is 0.248 e. The number of nitrogens with one attached hydrogen (secondary N) is 1. The standard InChI is InChI=1S/C31H27N3O2/c1-31(2,3)23-14-12-22(13-15-23)30-34-33-29(36-30)21-10-8-20(9-11-21)19-35-24-16-17-26-25-6-4-5-7-27(25)32-28(26)18-24/h4-18,32H,19H2,1-3H3. The quantitative estimate of drug-likeness (QED) is 0.276. The summed E-state index contributed by atoms with van der Waals surface area (Å²) in [6, 6.07) is 30.8. The van der Waals surface area contributed by atoms with Crippen LogP contribution in [0.4, 0.5) is 0 Å². The van der Waals surface area contributed by atoms with Crippen LogP contribution in [0, 0.1) is 0 Å². The fourth-order valence-corrected chi connectivity index (χ4v) is 4.40. The number of aromatic amines is 1. The predicted octanol–water partition coefficient (Wildman–Crippen LogP) is 7.91. The molecular formula is C31H27N3O2. The Morgan fingerprint density at radius 3 is 2.06 bits per heavy atom. The molecule has 0 spiro atoms. The molecule has 0 radical (unpaired) electrons. The molecule has 0 amide bonds. The van der Waals surface area contributed by atoms with E-state index in [-0.39, 0.29) is 5.41 Å². The maximum atomic E-state index is 6.07. The lowest BCUT2D eigenvalue weighted by Gasteiger charge is -2.18. The van der Waals surface area contributed by atoms with Gasteiger partial charge < -0.3 is 14.1 Å². The highest BCUT2D eigenvalue weighted by molar-refractivity contribution is 6.07. The second-order valence-corrected chi connectivity index (χ2v) is 10.1. The molecule has 0 aliphatic heterocycles. The van der Waals surface area contributed by atoms with E-state index in [0.717, 1.165) is 33.5 Å². The lowest BCUT2D eigenvalue weighted by Crippen LogP contribution is -2.10. The summed E-state index contributed by atoms with van der Waals surface area (Å²) in [5, 5.41) is 10.9. The van der Waals surface area contributed by atoms with Crippen LogP contribution < -0.4 is 4.74 Å². The Balaban J connectivity index is 1.14. The molecule has 5 heteroatoms. The summed E-state index contributed by atoms with van der Waals surface area (Å²) >= 11 is 0. The fraction of sp³-hybridized carbons (Fsp3) is 0.161. The van der Waals surface area contributed by atoms with Gasteiger partial charge in [-0.3, -0.25) is 0 Å². The topological polar surface area (TPSA) is 63.9 Å². The van der Waals surface area contributed by atoms with E-state index in [1.54, 1.807) is 0 Å². The summed E-state index contributed by atoms with van der Waals surface area (Å²) in [5.41, 5.74) is 6.43. The van der Waals surface area contributed by atoms with Gasteiger partial charge in [0.2, 0.25) is 11.8 Å². The molecule has 0 atom stereocenters. The number of rotatable bonds is 5.